The monoisotopic (exact) mass is 335 g/mol. The van der Waals surface area contributed by atoms with E-state index in [0.717, 1.165) is 0 Å². The summed E-state index contributed by atoms with van der Waals surface area (Å²) in [6, 6.07) is -2.02. The molecular weight excluding hydrogens is 319 g/mol. The summed E-state index contributed by atoms with van der Waals surface area (Å²) in [6.07, 6.45) is -12.1. The second kappa shape index (κ2) is 8.18. The Balaban J connectivity index is 0. The maximum Gasteiger partial charge on any atom is 0.466 e. The van der Waals surface area contributed by atoms with Crippen LogP contribution >= 0.6 is 7.82 Å². The highest BCUT2D eigenvalue weighted by Gasteiger charge is 2.38. The zero-order valence-electron chi connectivity index (χ0n) is 10.5. The Morgan fingerprint density at radius 1 is 0.950 bits per heavy atom. The van der Waals surface area contributed by atoms with Crippen molar-refractivity contribution in [3.8, 4) is 0 Å². The fraction of sp³-hybridized carbons (Fsp3) is 1.00. The summed E-state index contributed by atoms with van der Waals surface area (Å²) in [6.45, 7) is 3.00. The maximum atomic E-state index is 11.9. The van der Waals surface area contributed by atoms with Gasteiger partial charge in [-0.2, -0.15) is 26.3 Å². The lowest BCUT2D eigenvalue weighted by Crippen LogP contribution is -2.41. The summed E-state index contributed by atoms with van der Waals surface area (Å²) in [4.78, 5) is 21.6. The van der Waals surface area contributed by atoms with Crippen molar-refractivity contribution in [1.82, 2.24) is 5.32 Å². The Hall–Kier alpha value is -0.350. The fourth-order valence-electron chi connectivity index (χ4n) is 1.22. The molecule has 0 aliphatic heterocycles. The third-order valence-electron chi connectivity index (χ3n) is 1.52. The first-order valence-electron chi connectivity index (χ1n) is 5.17. The van der Waals surface area contributed by atoms with Gasteiger partial charge in [-0.3, -0.25) is 0 Å². The van der Waals surface area contributed by atoms with Gasteiger partial charge in [-0.05, 0) is 0 Å². The Kier molecular flexibility index (Phi) is 8.97. The highest BCUT2D eigenvalue weighted by Crippen LogP contribution is 2.29. The summed E-state index contributed by atoms with van der Waals surface area (Å²) in [5, 5.41) is 2.25. The Morgan fingerprint density at radius 3 is 1.35 bits per heavy atom. The zero-order chi connectivity index (χ0) is 16.8. The third-order valence-corrected chi connectivity index (χ3v) is 1.52. The average molecular weight is 335 g/mol. The average Bonchev–Trinajstić information content (AvgIpc) is 1.89. The van der Waals surface area contributed by atoms with E-state index < -0.39 is 45.1 Å². The van der Waals surface area contributed by atoms with Gasteiger partial charge in [0.2, 0.25) is 0 Å². The molecule has 4 N–H and O–H groups in total. The highest BCUT2D eigenvalue weighted by molar-refractivity contribution is 7.45. The molecule has 0 aromatic carbocycles. The van der Waals surface area contributed by atoms with Gasteiger partial charge >= 0.3 is 20.2 Å². The van der Waals surface area contributed by atoms with Crippen LogP contribution < -0.4 is 5.32 Å². The molecule has 124 valence electrons. The van der Waals surface area contributed by atoms with E-state index >= 15 is 0 Å². The lowest BCUT2D eigenvalue weighted by Gasteiger charge is -2.23. The number of nitrogens with one attached hydrogen (secondary N) is 1. The largest absolute Gasteiger partial charge is 0.466 e. The van der Waals surface area contributed by atoms with Gasteiger partial charge in [0.25, 0.3) is 0 Å². The molecule has 20 heavy (non-hydrogen) atoms. The molecule has 0 radical (unpaired) electrons. The van der Waals surface area contributed by atoms with Gasteiger partial charge in [0.05, 0.1) is 12.8 Å². The zero-order valence-corrected chi connectivity index (χ0v) is 11.4. The normalized spacial score (nSPS) is 13.4. The van der Waals surface area contributed by atoms with Crippen molar-refractivity contribution in [3.63, 3.8) is 0 Å². The van der Waals surface area contributed by atoms with Crippen LogP contribution in [0.15, 0.2) is 0 Å². The van der Waals surface area contributed by atoms with Crippen LogP contribution in [-0.4, -0.2) is 39.1 Å². The van der Waals surface area contributed by atoms with Crippen molar-refractivity contribution >= 4 is 7.82 Å². The first kappa shape index (κ1) is 21.9. The quantitative estimate of drug-likeness (QED) is 0.468. The second-order valence-electron chi connectivity index (χ2n) is 4.17. The third kappa shape index (κ3) is 26.3. The van der Waals surface area contributed by atoms with Gasteiger partial charge < -0.3 is 20.0 Å². The molecule has 0 bridgehead atoms. The molecule has 0 saturated heterocycles. The summed E-state index contributed by atoms with van der Waals surface area (Å²) in [5.41, 5.74) is 0. The molecule has 12 heteroatoms. The van der Waals surface area contributed by atoms with Crippen molar-refractivity contribution in [2.75, 3.05) is 0 Å². The van der Waals surface area contributed by atoms with Gasteiger partial charge in [-0.15, -0.1) is 0 Å². The van der Waals surface area contributed by atoms with E-state index in [4.69, 9.17) is 19.2 Å². The minimum atomic E-state index is -4.64. The van der Waals surface area contributed by atoms with E-state index in [9.17, 15) is 26.3 Å². The molecular formula is C8H16F6NO4P. The molecule has 0 rings (SSSR count). The first-order valence-corrected chi connectivity index (χ1v) is 6.74. The minimum absolute atomic E-state index is 0.417. The van der Waals surface area contributed by atoms with Gasteiger partial charge in [-0.25, -0.2) is 4.57 Å². The van der Waals surface area contributed by atoms with Gasteiger partial charge in [0, 0.05) is 12.1 Å². The van der Waals surface area contributed by atoms with Gasteiger partial charge in [-0.1, -0.05) is 13.8 Å². The van der Waals surface area contributed by atoms with Crippen molar-refractivity contribution < 1.29 is 45.6 Å². The molecule has 0 unspecified atom stereocenters. The lowest BCUT2D eigenvalue weighted by atomic mass is 10.1. The molecule has 0 atom stereocenters. The van der Waals surface area contributed by atoms with Crippen LogP contribution in [0, 0.1) is 0 Å². The van der Waals surface area contributed by atoms with Crippen molar-refractivity contribution in [1.29, 1.82) is 0 Å². The van der Waals surface area contributed by atoms with E-state index in [2.05, 4.69) is 5.32 Å². The van der Waals surface area contributed by atoms with Crippen LogP contribution in [0.5, 0.6) is 0 Å². The molecule has 5 nitrogen and oxygen atoms in total. The molecule has 0 amide bonds. The van der Waals surface area contributed by atoms with Gasteiger partial charge in [0.1, 0.15) is 0 Å². The summed E-state index contributed by atoms with van der Waals surface area (Å²) in [5.74, 6) is 0. The lowest BCUT2D eigenvalue weighted by molar-refractivity contribution is -0.165. The Labute approximate surface area is 111 Å². The number of hydrogen-bond acceptors (Lipinski definition) is 2. The molecule has 0 heterocycles. The topological polar surface area (TPSA) is 89.8 Å². The highest BCUT2D eigenvalue weighted by atomic mass is 31.2. The number of rotatable bonds is 4. The van der Waals surface area contributed by atoms with Gasteiger partial charge in [0.15, 0.2) is 0 Å². The van der Waals surface area contributed by atoms with E-state index in [1.165, 1.54) is 13.8 Å². The Morgan fingerprint density at radius 2 is 1.20 bits per heavy atom. The van der Waals surface area contributed by atoms with Crippen LogP contribution in [0.25, 0.3) is 0 Å². The number of alkyl halides is 6. The second-order valence-corrected chi connectivity index (χ2v) is 5.20. The van der Waals surface area contributed by atoms with Crippen molar-refractivity contribution in [2.24, 2.45) is 0 Å². The fourth-order valence-corrected chi connectivity index (χ4v) is 1.22. The minimum Gasteiger partial charge on any atom is -0.311 e. The predicted molar refractivity (Wildman–Crippen MR) is 57.7 cm³/mol. The van der Waals surface area contributed by atoms with Crippen LogP contribution in [-0.2, 0) is 4.57 Å². The molecule has 0 aliphatic carbocycles. The smallest absolute Gasteiger partial charge is 0.311 e. The molecule has 0 fully saturated rings. The molecule has 0 saturated carbocycles. The maximum absolute atomic E-state index is 11.9. The number of halogens is 6. The van der Waals surface area contributed by atoms with E-state index in [-0.39, 0.29) is 0 Å². The number of hydrogen-bond donors (Lipinski definition) is 4. The summed E-state index contributed by atoms with van der Waals surface area (Å²) >= 11 is 0. The summed E-state index contributed by atoms with van der Waals surface area (Å²) in [7, 11) is -4.64. The van der Waals surface area contributed by atoms with E-state index in [0.29, 0.717) is 0 Å². The molecule has 0 spiro atoms. The summed E-state index contributed by atoms with van der Waals surface area (Å²) < 4.78 is 80.4. The standard InChI is InChI=1S/C8H13F6N.H3O4P/c1-5(2)15-6(3-7(9,10)11)4-8(12,13)14;1-5(2,3)4/h5-6,15H,3-4H2,1-2H3;(H3,1,2,3,4). The predicted octanol–water partition coefficient (Wildman–Crippen LogP) is 2.33. The van der Waals surface area contributed by atoms with Crippen LogP contribution in [0.2, 0.25) is 0 Å². The number of phosphoric acid groups is 1. The Bertz CT molecular complexity index is 289. The van der Waals surface area contributed by atoms with E-state index in [1.54, 1.807) is 0 Å². The first-order chi connectivity index (χ1) is 8.49. The molecule has 0 aliphatic rings. The molecule has 0 aromatic rings. The van der Waals surface area contributed by atoms with E-state index in [1.807, 2.05) is 0 Å². The van der Waals surface area contributed by atoms with Crippen LogP contribution in [0.4, 0.5) is 26.3 Å². The molecule has 0 aromatic heterocycles. The van der Waals surface area contributed by atoms with Crippen molar-refractivity contribution in [3.05, 3.63) is 0 Å². The van der Waals surface area contributed by atoms with Crippen molar-refractivity contribution in [2.45, 2.75) is 51.1 Å². The van der Waals surface area contributed by atoms with Crippen LogP contribution in [0.3, 0.4) is 0 Å². The SMILES string of the molecule is CC(C)NC(CC(F)(F)F)CC(F)(F)F.O=P(O)(O)O. The van der Waals surface area contributed by atoms with Crippen LogP contribution in [0.1, 0.15) is 26.7 Å².